The molecule has 0 saturated carbocycles. The van der Waals surface area contributed by atoms with Gasteiger partial charge in [-0.1, -0.05) is 11.6 Å². The molecule has 0 amide bonds. The molecule has 2 bridgehead atoms. The fourth-order valence-corrected chi connectivity index (χ4v) is 4.47. The number of ether oxygens (including phenoxy) is 2. The molecule has 6 heteroatoms. The molecule has 1 N–H and O–H groups in total. The van der Waals surface area contributed by atoms with Gasteiger partial charge in [0, 0.05) is 17.8 Å². The van der Waals surface area contributed by atoms with Gasteiger partial charge in [0.2, 0.25) is 0 Å². The molecule has 3 atom stereocenters. The van der Waals surface area contributed by atoms with Gasteiger partial charge in [0.25, 0.3) is 0 Å². The molecule has 0 spiro atoms. The van der Waals surface area contributed by atoms with E-state index in [2.05, 4.69) is 9.88 Å². The number of nitrogens with one attached hydrogen (secondary N) is 1. The van der Waals surface area contributed by atoms with Gasteiger partial charge in [0.15, 0.2) is 0 Å². The van der Waals surface area contributed by atoms with Crippen molar-refractivity contribution in [3.05, 3.63) is 28.9 Å². The first-order valence-corrected chi connectivity index (χ1v) is 9.27. The lowest BCUT2D eigenvalue weighted by Gasteiger charge is -2.42. The summed E-state index contributed by atoms with van der Waals surface area (Å²) in [6.45, 7) is 4.00. The van der Waals surface area contributed by atoms with E-state index in [1.54, 1.807) is 25.4 Å². The van der Waals surface area contributed by atoms with Crippen molar-refractivity contribution in [2.45, 2.75) is 19.3 Å². The zero-order valence-electron chi connectivity index (χ0n) is 14.4. The zero-order valence-corrected chi connectivity index (χ0v) is 15.1. The SMILES string of the molecule is COc1cc(Cl)cc2[nH]cc(C(=O)OCC3CCN4CCCC3C4)c12. The van der Waals surface area contributed by atoms with Crippen LogP contribution < -0.4 is 4.74 Å². The minimum atomic E-state index is -0.301. The number of H-pyrrole nitrogens is 1. The van der Waals surface area contributed by atoms with Crippen molar-refractivity contribution in [1.29, 1.82) is 0 Å². The number of carbonyl (C=O) groups excluding carboxylic acids is 1. The first kappa shape index (κ1) is 16.7. The summed E-state index contributed by atoms with van der Waals surface area (Å²) in [5.74, 6) is 1.41. The molecule has 0 radical (unpaired) electrons. The van der Waals surface area contributed by atoms with Gasteiger partial charge in [-0.3, -0.25) is 0 Å². The molecule has 134 valence electrons. The molecule has 1 aromatic heterocycles. The van der Waals surface area contributed by atoms with Crippen LogP contribution in [0.3, 0.4) is 0 Å². The maximum absolute atomic E-state index is 12.6. The highest BCUT2D eigenvalue weighted by molar-refractivity contribution is 6.31. The molecular weight excluding hydrogens is 340 g/mol. The molecule has 2 fully saturated rings. The lowest BCUT2D eigenvalue weighted by molar-refractivity contribution is 0.0129. The Hall–Kier alpha value is -1.72. The summed E-state index contributed by atoms with van der Waals surface area (Å²) in [4.78, 5) is 18.3. The van der Waals surface area contributed by atoms with Crippen LogP contribution in [0.15, 0.2) is 18.3 Å². The summed E-state index contributed by atoms with van der Waals surface area (Å²) in [5.41, 5.74) is 1.28. The second-order valence-electron chi connectivity index (χ2n) is 7.08. The van der Waals surface area contributed by atoms with Gasteiger partial charge in [-0.2, -0.15) is 0 Å². The monoisotopic (exact) mass is 362 g/mol. The van der Waals surface area contributed by atoms with E-state index in [9.17, 15) is 4.79 Å². The number of piperidine rings is 2. The Kier molecular flexibility index (Phi) is 4.61. The van der Waals surface area contributed by atoms with Gasteiger partial charge in [-0.25, -0.2) is 4.79 Å². The summed E-state index contributed by atoms with van der Waals surface area (Å²) >= 11 is 6.08. The minimum Gasteiger partial charge on any atom is -0.496 e. The topological polar surface area (TPSA) is 54.6 Å². The van der Waals surface area contributed by atoms with Crippen molar-refractivity contribution < 1.29 is 14.3 Å². The van der Waals surface area contributed by atoms with E-state index in [0.717, 1.165) is 30.4 Å². The summed E-state index contributed by atoms with van der Waals surface area (Å²) < 4.78 is 11.1. The molecule has 5 nitrogen and oxygen atoms in total. The summed E-state index contributed by atoms with van der Waals surface area (Å²) in [7, 11) is 1.57. The van der Waals surface area contributed by atoms with Crippen molar-refractivity contribution in [1.82, 2.24) is 9.88 Å². The van der Waals surface area contributed by atoms with Crippen molar-refractivity contribution in [2.24, 2.45) is 11.8 Å². The summed E-state index contributed by atoms with van der Waals surface area (Å²) in [6, 6.07) is 3.50. The molecule has 2 aliphatic rings. The van der Waals surface area contributed by atoms with Crippen LogP contribution in [0.5, 0.6) is 5.75 Å². The molecule has 3 heterocycles. The fourth-order valence-electron chi connectivity index (χ4n) is 4.26. The number of halogens is 1. The van der Waals surface area contributed by atoms with E-state index in [-0.39, 0.29) is 5.97 Å². The number of carbonyl (C=O) groups is 1. The number of nitrogens with zero attached hydrogens (tertiary/aromatic N) is 1. The Bertz CT molecular complexity index is 788. The van der Waals surface area contributed by atoms with Gasteiger partial charge < -0.3 is 19.4 Å². The fraction of sp³-hybridized carbons (Fsp3) is 0.526. The Labute approximate surface area is 152 Å². The predicted octanol–water partition coefficient (Wildman–Crippen LogP) is 3.72. The number of hydrogen-bond donors (Lipinski definition) is 1. The quantitative estimate of drug-likeness (QED) is 0.842. The molecular formula is C19H23ClN2O3. The van der Waals surface area contributed by atoms with Crippen LogP contribution in [0, 0.1) is 11.8 Å². The Morgan fingerprint density at radius 2 is 2.24 bits per heavy atom. The van der Waals surface area contributed by atoms with Crippen molar-refractivity contribution in [2.75, 3.05) is 33.4 Å². The smallest absolute Gasteiger partial charge is 0.340 e. The van der Waals surface area contributed by atoms with E-state index in [1.165, 1.54) is 19.4 Å². The molecule has 2 aromatic rings. The minimum absolute atomic E-state index is 0.301. The van der Waals surface area contributed by atoms with Gasteiger partial charge in [-0.15, -0.1) is 0 Å². The predicted molar refractivity (Wildman–Crippen MR) is 97.4 cm³/mol. The van der Waals surface area contributed by atoms with E-state index >= 15 is 0 Å². The standard InChI is InChI=1S/C19H23ClN2O3/c1-24-17-8-14(20)7-16-18(17)15(9-21-16)19(23)25-11-13-4-6-22-5-2-3-12(13)10-22/h7-9,12-13,21H,2-6,10-11H2,1H3. The molecule has 2 aliphatic heterocycles. The van der Waals surface area contributed by atoms with Crippen molar-refractivity contribution in [3.63, 3.8) is 0 Å². The largest absolute Gasteiger partial charge is 0.496 e. The average molecular weight is 363 g/mol. The third-order valence-electron chi connectivity index (χ3n) is 5.60. The van der Waals surface area contributed by atoms with Crippen LogP contribution in [-0.2, 0) is 4.74 Å². The van der Waals surface area contributed by atoms with Crippen LogP contribution in [-0.4, -0.2) is 49.2 Å². The number of hydrogen-bond acceptors (Lipinski definition) is 4. The average Bonchev–Trinajstić information content (AvgIpc) is 3.04. The molecule has 0 aliphatic carbocycles. The van der Waals surface area contributed by atoms with Crippen molar-refractivity contribution >= 4 is 28.5 Å². The summed E-state index contributed by atoms with van der Waals surface area (Å²) in [5, 5.41) is 1.29. The van der Waals surface area contributed by atoms with Gasteiger partial charge >= 0.3 is 5.97 Å². The maximum Gasteiger partial charge on any atom is 0.340 e. The molecule has 3 unspecified atom stereocenters. The normalized spacial score (nSPS) is 25.8. The number of methoxy groups -OCH3 is 1. The lowest BCUT2D eigenvalue weighted by atomic mass is 9.80. The second kappa shape index (κ2) is 6.89. The highest BCUT2D eigenvalue weighted by Gasteiger charge is 2.33. The lowest BCUT2D eigenvalue weighted by Crippen LogP contribution is -2.45. The molecule has 2 saturated heterocycles. The highest BCUT2D eigenvalue weighted by atomic mass is 35.5. The number of rotatable bonds is 4. The Morgan fingerprint density at radius 3 is 3.08 bits per heavy atom. The van der Waals surface area contributed by atoms with Crippen LogP contribution in [0.4, 0.5) is 0 Å². The first-order valence-electron chi connectivity index (χ1n) is 8.90. The van der Waals surface area contributed by atoms with Crippen molar-refractivity contribution in [3.8, 4) is 5.75 Å². The number of benzene rings is 1. The van der Waals surface area contributed by atoms with Gasteiger partial charge in [0.1, 0.15) is 5.75 Å². The number of fused-ring (bicyclic) bond motifs is 3. The van der Waals surface area contributed by atoms with Crippen LogP contribution in [0.25, 0.3) is 10.9 Å². The third-order valence-corrected chi connectivity index (χ3v) is 5.82. The third kappa shape index (κ3) is 3.23. The molecule has 4 rings (SSSR count). The second-order valence-corrected chi connectivity index (χ2v) is 7.52. The van der Waals surface area contributed by atoms with E-state index in [0.29, 0.717) is 34.8 Å². The number of esters is 1. The van der Waals surface area contributed by atoms with E-state index < -0.39 is 0 Å². The first-order chi connectivity index (χ1) is 12.2. The zero-order chi connectivity index (χ0) is 17.4. The molecule has 25 heavy (non-hydrogen) atoms. The van der Waals surface area contributed by atoms with Crippen LogP contribution in [0.2, 0.25) is 5.02 Å². The molecule has 1 aromatic carbocycles. The Balaban J connectivity index is 1.49. The number of aromatic amines is 1. The van der Waals surface area contributed by atoms with Gasteiger partial charge in [-0.05, 0) is 56.3 Å². The Morgan fingerprint density at radius 1 is 1.36 bits per heavy atom. The highest BCUT2D eigenvalue weighted by Crippen LogP contribution is 2.34. The van der Waals surface area contributed by atoms with E-state index in [1.807, 2.05) is 0 Å². The van der Waals surface area contributed by atoms with Crippen LogP contribution >= 0.6 is 11.6 Å². The number of aromatic nitrogens is 1. The van der Waals surface area contributed by atoms with Gasteiger partial charge in [0.05, 0.1) is 30.2 Å². The van der Waals surface area contributed by atoms with Crippen LogP contribution in [0.1, 0.15) is 29.6 Å². The summed E-state index contributed by atoms with van der Waals surface area (Å²) in [6.07, 6.45) is 5.30. The maximum atomic E-state index is 12.6. The van der Waals surface area contributed by atoms with E-state index in [4.69, 9.17) is 21.1 Å².